The average Bonchev–Trinajstić information content (AvgIpc) is 1.86. The molecule has 4 amide bonds. The largest absolute Gasteiger partial charge is 0.486 e. The number of hydrogen-bond acceptors (Lipinski definition) is 15. The van der Waals surface area contributed by atoms with E-state index in [0.717, 1.165) is 71.6 Å². The van der Waals surface area contributed by atoms with Crippen molar-refractivity contribution in [2.45, 2.75) is 154 Å². The second-order valence-corrected chi connectivity index (χ2v) is 25.9. The molecule has 0 spiro atoms. The van der Waals surface area contributed by atoms with Crippen molar-refractivity contribution in [1.82, 2.24) is 48.9 Å². The van der Waals surface area contributed by atoms with Gasteiger partial charge in [-0.25, -0.2) is 18.7 Å². The minimum absolute atomic E-state index is 0.0577. The summed E-state index contributed by atoms with van der Waals surface area (Å²) in [5.74, 6) is 0.0243. The molecule has 6 atom stereocenters. The van der Waals surface area contributed by atoms with Gasteiger partial charge in [0.15, 0.2) is 12.0 Å². The maximum Gasteiger partial charge on any atom is 0.410 e. The zero-order valence-corrected chi connectivity index (χ0v) is 50.2. The molecule has 14 rings (SSSR count). The topological polar surface area (TPSA) is 210 Å². The van der Waals surface area contributed by atoms with E-state index in [4.69, 9.17) is 38.8 Å². The Morgan fingerprint density at radius 2 is 1.66 bits per heavy atom. The third-order valence-corrected chi connectivity index (χ3v) is 18.7. The Balaban J connectivity index is 0.773. The molecule has 1 N–H and O–H groups in total. The van der Waals surface area contributed by atoms with Crippen molar-refractivity contribution in [1.29, 1.82) is 0 Å². The van der Waals surface area contributed by atoms with Crippen LogP contribution < -0.4 is 25.4 Å². The molecule has 1 aliphatic carbocycles. The van der Waals surface area contributed by atoms with Crippen LogP contribution in [0, 0.1) is 12.7 Å². The van der Waals surface area contributed by atoms with Crippen LogP contribution in [0.4, 0.5) is 15.0 Å². The lowest BCUT2D eigenvalue weighted by Gasteiger charge is -2.40. The number of imidazole rings is 1. The number of ether oxygens (including phenoxy) is 5. The fourth-order valence-electron chi connectivity index (χ4n) is 14.1. The normalized spacial score (nSPS) is 23.6. The second kappa shape index (κ2) is 22.3. The number of fused-ring (bicyclic) bond motifs is 5. The van der Waals surface area contributed by atoms with Crippen LogP contribution in [-0.4, -0.2) is 150 Å². The van der Waals surface area contributed by atoms with Gasteiger partial charge < -0.3 is 38.4 Å². The number of hydrogen-bond donors (Lipinski definition) is 1. The van der Waals surface area contributed by atoms with E-state index in [1.807, 2.05) is 90.8 Å². The van der Waals surface area contributed by atoms with E-state index in [-0.39, 0.29) is 91.2 Å². The molecule has 2 unspecified atom stereocenters. The summed E-state index contributed by atoms with van der Waals surface area (Å²) < 4.78 is 53.5. The number of aryl methyl sites for hydroxylation is 1. The van der Waals surface area contributed by atoms with Crippen LogP contribution in [-0.2, 0) is 44.0 Å². The summed E-state index contributed by atoms with van der Waals surface area (Å²) in [5, 5.41) is 8.81. The quantitative estimate of drug-likeness (QED) is 0.107. The molecule has 3 aromatic heterocycles. The number of imide groups is 1. The summed E-state index contributed by atoms with van der Waals surface area (Å²) in [5.41, 5.74) is 6.75. The number of halogens is 1. The summed E-state index contributed by atoms with van der Waals surface area (Å²) >= 11 is 0. The molecule has 4 aromatic carbocycles. The molecule has 2 bridgehead atoms. The minimum atomic E-state index is -0.760. The third kappa shape index (κ3) is 10.6. The second-order valence-electron chi connectivity index (χ2n) is 25.9. The van der Waals surface area contributed by atoms with Gasteiger partial charge in [-0.3, -0.25) is 33.7 Å². The lowest BCUT2D eigenvalue weighted by Crippen LogP contribution is -2.53. The maximum absolute atomic E-state index is 16.9. The molecule has 22 heteroatoms. The molecule has 7 fully saturated rings. The SMILES string of the molecule is Cc1c(F)cc2c(cnn2C2CCCCO2)c1-c1c(C2CC2)cc2c(N3C[C@@H]4C[C@H]3CN4C(=O)OC(C)(C)C)nc(O[C@H]3CCOC3)nc2c1OCc1ccc(C(=O)N2CCN(Cc3ccc4c(c3)n(C)c(=O)n4C3CCC(=O)NC3=O)C[C@@H]2C)cc1. The molecule has 7 aromatic rings. The van der Waals surface area contributed by atoms with Gasteiger partial charge in [-0.05, 0) is 138 Å². The standard InChI is InChI=1S/C65H74FN11O10/c1-36-30-72(31-39-12-17-49-52(25-39)71(6)63(81)76(49)50-18-19-53(78)68-60(50)79)21-22-73(36)61(80)41-13-10-38(11-14-41)34-85-58-56(55-37(2)48(66)28-51-47(55)29-67-77(51)54-9-7-8-23-84-54)45(40-15-16-40)27-46-57(58)69-62(86-44-20-24-83-35-44)70-59(46)74-32-43-26-42(74)33-75(43)64(82)87-65(3,4)5/h10-14,17,25,27-29,36,40,42-44,50,54H,7-9,15-16,18-24,26,30-35H2,1-6H3,(H,68,78,79)/t36-,42-,43-,44-,50?,54?/m0/s1. The van der Waals surface area contributed by atoms with Crippen molar-refractivity contribution in [3.05, 3.63) is 105 Å². The first kappa shape index (κ1) is 56.8. The molecule has 1 saturated carbocycles. The molecule has 456 valence electrons. The molecular weight excluding hydrogens is 1110 g/mol. The van der Waals surface area contributed by atoms with E-state index < -0.39 is 17.6 Å². The highest BCUT2D eigenvalue weighted by molar-refractivity contribution is 6.06. The van der Waals surface area contributed by atoms with E-state index in [2.05, 4.69) is 28.1 Å². The van der Waals surface area contributed by atoms with Crippen molar-refractivity contribution >= 4 is 62.5 Å². The van der Waals surface area contributed by atoms with E-state index in [9.17, 15) is 24.0 Å². The molecule has 6 aliphatic heterocycles. The summed E-state index contributed by atoms with van der Waals surface area (Å²) in [6.45, 7) is 14.5. The number of anilines is 1. The van der Waals surface area contributed by atoms with E-state index >= 15 is 4.39 Å². The summed E-state index contributed by atoms with van der Waals surface area (Å²) in [6, 6.07) is 16.3. The van der Waals surface area contributed by atoms with Gasteiger partial charge in [-0.2, -0.15) is 15.1 Å². The number of piperazine rings is 2. The van der Waals surface area contributed by atoms with Crippen LogP contribution >= 0.6 is 0 Å². The number of nitrogens with zero attached hydrogens (tertiary/aromatic N) is 10. The number of nitrogens with one attached hydrogen (secondary N) is 1. The Bertz CT molecular complexity index is 3970. The van der Waals surface area contributed by atoms with Crippen LogP contribution in [0.3, 0.4) is 0 Å². The Morgan fingerprint density at radius 3 is 2.37 bits per heavy atom. The van der Waals surface area contributed by atoms with Gasteiger partial charge in [-0.15, -0.1) is 0 Å². The van der Waals surface area contributed by atoms with Crippen LogP contribution in [0.25, 0.3) is 44.0 Å². The Morgan fingerprint density at radius 1 is 0.839 bits per heavy atom. The summed E-state index contributed by atoms with van der Waals surface area (Å²) in [6.07, 6.45) is 7.29. The van der Waals surface area contributed by atoms with Crippen molar-refractivity contribution in [2.75, 3.05) is 57.4 Å². The molecule has 7 aliphatic rings. The molecule has 21 nitrogen and oxygen atoms in total. The Kier molecular flexibility index (Phi) is 14.6. The number of carbonyl (C=O) groups excluding carboxylic acids is 4. The highest BCUT2D eigenvalue weighted by Gasteiger charge is 2.48. The number of carbonyl (C=O) groups is 4. The van der Waals surface area contributed by atoms with E-state index in [0.29, 0.717) is 116 Å². The van der Waals surface area contributed by atoms with Gasteiger partial charge in [0.25, 0.3) is 5.91 Å². The molecule has 0 radical (unpaired) electrons. The number of aromatic nitrogens is 6. The van der Waals surface area contributed by atoms with Gasteiger partial charge in [-0.1, -0.05) is 18.2 Å². The highest BCUT2D eigenvalue weighted by Crippen LogP contribution is 2.54. The molecule has 6 saturated heterocycles. The third-order valence-electron chi connectivity index (χ3n) is 18.7. The van der Waals surface area contributed by atoms with Gasteiger partial charge in [0, 0.05) is 105 Å². The smallest absolute Gasteiger partial charge is 0.410 e. The van der Waals surface area contributed by atoms with Gasteiger partial charge in [0.2, 0.25) is 11.8 Å². The summed E-state index contributed by atoms with van der Waals surface area (Å²) in [7, 11) is 1.69. The number of piperidine rings is 1. The predicted octanol–water partition coefficient (Wildman–Crippen LogP) is 8.59. The van der Waals surface area contributed by atoms with Crippen molar-refractivity contribution < 1.29 is 47.3 Å². The Hall–Kier alpha value is -7.95. The zero-order chi connectivity index (χ0) is 60.2. The fourth-order valence-corrected chi connectivity index (χ4v) is 14.1. The van der Waals surface area contributed by atoms with Crippen LogP contribution in [0.15, 0.2) is 65.6 Å². The van der Waals surface area contributed by atoms with Crippen LogP contribution in [0.5, 0.6) is 11.8 Å². The lowest BCUT2D eigenvalue weighted by atomic mass is 9.88. The van der Waals surface area contributed by atoms with Crippen molar-refractivity contribution in [2.24, 2.45) is 7.05 Å². The number of amides is 4. The first-order valence-electron chi connectivity index (χ1n) is 30.9. The molecular formula is C65H74FN11O10. The highest BCUT2D eigenvalue weighted by atomic mass is 19.1. The lowest BCUT2D eigenvalue weighted by molar-refractivity contribution is -0.135. The maximum atomic E-state index is 16.9. The van der Waals surface area contributed by atoms with Gasteiger partial charge >= 0.3 is 17.8 Å². The number of likely N-dealkylation sites (tertiary alicyclic amines) is 1. The molecule has 9 heterocycles. The zero-order valence-electron chi connectivity index (χ0n) is 50.2. The number of benzene rings is 4. The fraction of sp³-hybridized carbons (Fsp3) is 0.508. The van der Waals surface area contributed by atoms with Crippen molar-refractivity contribution in [3.8, 4) is 22.9 Å². The van der Waals surface area contributed by atoms with E-state index in [1.165, 1.54) is 4.57 Å². The van der Waals surface area contributed by atoms with Crippen LogP contribution in [0.2, 0.25) is 0 Å². The predicted molar refractivity (Wildman–Crippen MR) is 321 cm³/mol. The Labute approximate surface area is 502 Å². The molecule has 87 heavy (non-hydrogen) atoms. The summed E-state index contributed by atoms with van der Waals surface area (Å²) in [4.78, 5) is 84.9. The number of rotatable bonds is 13. The van der Waals surface area contributed by atoms with Gasteiger partial charge in [0.1, 0.15) is 41.5 Å². The van der Waals surface area contributed by atoms with Crippen molar-refractivity contribution in [3.63, 3.8) is 0 Å². The van der Waals surface area contributed by atoms with E-state index in [1.54, 1.807) is 17.7 Å². The monoisotopic (exact) mass is 1190 g/mol. The minimum Gasteiger partial charge on any atom is -0.486 e. The first-order chi connectivity index (χ1) is 41.9. The van der Waals surface area contributed by atoms with Gasteiger partial charge in [0.05, 0.1) is 48.0 Å². The van der Waals surface area contributed by atoms with Crippen LogP contribution in [0.1, 0.15) is 136 Å². The average molecular weight is 1190 g/mol. The first-order valence-corrected chi connectivity index (χ1v) is 30.9.